The van der Waals surface area contributed by atoms with Crippen LogP contribution in [-0.4, -0.2) is 45.8 Å². The number of carbonyl (C=O) groups is 1. The fourth-order valence-corrected chi connectivity index (χ4v) is 2.29. The minimum Gasteiger partial charge on any atom is -0.478 e. The first-order valence-corrected chi connectivity index (χ1v) is 7.00. The maximum Gasteiger partial charge on any atom is 0.337 e. The first-order valence-electron chi connectivity index (χ1n) is 5.47. The van der Waals surface area contributed by atoms with Crippen molar-refractivity contribution in [2.24, 2.45) is 0 Å². The zero-order valence-corrected chi connectivity index (χ0v) is 11.3. The predicted octanol–water partition coefficient (Wildman–Crippen LogP) is 1.96. The molecule has 1 rings (SSSR count). The van der Waals surface area contributed by atoms with E-state index in [4.69, 9.17) is 21.8 Å². The Morgan fingerprint density at radius 1 is 1.50 bits per heavy atom. The third-order valence-corrected chi connectivity index (χ3v) is 3.56. The van der Waals surface area contributed by atoms with E-state index < -0.39 is 5.97 Å². The van der Waals surface area contributed by atoms with Gasteiger partial charge in [-0.3, -0.25) is 0 Å². The van der Waals surface area contributed by atoms with Gasteiger partial charge >= 0.3 is 5.97 Å². The van der Waals surface area contributed by atoms with Gasteiger partial charge in [0.1, 0.15) is 5.82 Å². The number of rotatable bonds is 8. The van der Waals surface area contributed by atoms with Gasteiger partial charge < -0.3 is 15.5 Å². The van der Waals surface area contributed by atoms with E-state index in [0.29, 0.717) is 12.4 Å². The molecule has 0 aliphatic heterocycles. The number of pyridine rings is 1. The summed E-state index contributed by atoms with van der Waals surface area (Å²) in [5.74, 6) is 1.06. The van der Waals surface area contributed by atoms with Crippen LogP contribution in [0.2, 0.25) is 5.02 Å². The molecule has 18 heavy (non-hydrogen) atoms. The van der Waals surface area contributed by atoms with Gasteiger partial charge in [-0.25, -0.2) is 9.78 Å². The molecular formula is C11H15ClN2O3S. The average Bonchev–Trinajstić information content (AvgIpc) is 2.35. The highest BCUT2D eigenvalue weighted by Gasteiger charge is 2.12. The summed E-state index contributed by atoms with van der Waals surface area (Å²) in [6.45, 7) is 0.848. The number of anilines is 1. The maximum atomic E-state index is 10.9. The van der Waals surface area contributed by atoms with Crippen LogP contribution in [-0.2, 0) is 0 Å². The zero-order valence-electron chi connectivity index (χ0n) is 9.73. The smallest absolute Gasteiger partial charge is 0.337 e. The largest absolute Gasteiger partial charge is 0.478 e. The van der Waals surface area contributed by atoms with Crippen molar-refractivity contribution in [2.45, 2.75) is 6.42 Å². The van der Waals surface area contributed by atoms with Crippen molar-refractivity contribution in [2.75, 3.05) is 30.0 Å². The summed E-state index contributed by atoms with van der Waals surface area (Å²) in [7, 11) is 0. The normalized spacial score (nSPS) is 10.3. The molecule has 0 amide bonds. The first-order chi connectivity index (χ1) is 8.66. The molecule has 7 heteroatoms. The van der Waals surface area contributed by atoms with Crippen LogP contribution in [0.5, 0.6) is 0 Å². The second-order valence-corrected chi connectivity index (χ2v) is 5.05. The molecule has 0 saturated carbocycles. The van der Waals surface area contributed by atoms with Crippen LogP contribution >= 0.6 is 23.4 Å². The van der Waals surface area contributed by atoms with Crippen LogP contribution in [0.15, 0.2) is 12.3 Å². The highest BCUT2D eigenvalue weighted by atomic mass is 35.5. The molecule has 0 atom stereocenters. The number of carboxylic acids is 1. The third kappa shape index (κ3) is 4.72. The van der Waals surface area contributed by atoms with Gasteiger partial charge in [-0.05, 0) is 18.2 Å². The number of nitrogens with one attached hydrogen (secondary N) is 1. The van der Waals surface area contributed by atoms with Crippen molar-refractivity contribution < 1.29 is 15.0 Å². The highest BCUT2D eigenvalue weighted by Crippen LogP contribution is 2.23. The molecule has 0 aromatic carbocycles. The van der Waals surface area contributed by atoms with Gasteiger partial charge in [0.25, 0.3) is 0 Å². The Kier molecular flexibility index (Phi) is 6.85. The minimum absolute atomic E-state index is 0.0436. The summed E-state index contributed by atoms with van der Waals surface area (Å²) in [6, 6.07) is 1.37. The Hall–Kier alpha value is -0.980. The summed E-state index contributed by atoms with van der Waals surface area (Å²) < 4.78 is 0. The second-order valence-electron chi connectivity index (χ2n) is 3.44. The summed E-state index contributed by atoms with van der Waals surface area (Å²) in [6.07, 6.45) is 2.19. The fourth-order valence-electron chi connectivity index (χ4n) is 1.24. The number of aromatic carboxylic acids is 1. The van der Waals surface area contributed by atoms with E-state index in [1.54, 1.807) is 11.8 Å². The van der Waals surface area contributed by atoms with Gasteiger partial charge in [-0.2, -0.15) is 11.8 Å². The number of aliphatic hydroxyl groups excluding tert-OH is 1. The molecule has 0 bridgehead atoms. The SMILES string of the molecule is O=C(O)c1ccnc(NCCSCCCO)c1Cl. The minimum atomic E-state index is -1.07. The van der Waals surface area contributed by atoms with Crippen LogP contribution in [0.25, 0.3) is 0 Å². The Labute approximate surface area is 115 Å². The number of carboxylic acid groups (broad SMARTS) is 1. The topological polar surface area (TPSA) is 82.5 Å². The van der Waals surface area contributed by atoms with Crippen molar-refractivity contribution in [3.8, 4) is 0 Å². The van der Waals surface area contributed by atoms with Gasteiger partial charge in [0.05, 0.1) is 10.6 Å². The van der Waals surface area contributed by atoms with Crippen molar-refractivity contribution in [1.82, 2.24) is 4.98 Å². The molecule has 5 nitrogen and oxygen atoms in total. The average molecular weight is 291 g/mol. The Balaban J connectivity index is 2.43. The zero-order chi connectivity index (χ0) is 13.4. The van der Waals surface area contributed by atoms with E-state index >= 15 is 0 Å². The van der Waals surface area contributed by atoms with E-state index in [0.717, 1.165) is 17.9 Å². The lowest BCUT2D eigenvalue weighted by Gasteiger charge is -2.08. The lowest BCUT2D eigenvalue weighted by molar-refractivity contribution is 0.0697. The standard InChI is InChI=1S/C11H15ClN2O3S/c12-9-8(11(16)17)2-3-13-10(9)14-4-7-18-6-1-5-15/h2-3,15H,1,4-7H2,(H,13,14)(H,16,17). The Morgan fingerprint density at radius 3 is 2.94 bits per heavy atom. The number of hydrogen-bond acceptors (Lipinski definition) is 5. The van der Waals surface area contributed by atoms with Gasteiger partial charge in [-0.15, -0.1) is 0 Å². The second kappa shape index (κ2) is 8.18. The molecule has 0 spiro atoms. The summed E-state index contributed by atoms with van der Waals surface area (Å²) in [5.41, 5.74) is 0.0436. The molecule has 0 aliphatic carbocycles. The third-order valence-electron chi connectivity index (χ3n) is 2.11. The number of hydrogen-bond donors (Lipinski definition) is 3. The van der Waals surface area contributed by atoms with Gasteiger partial charge in [-0.1, -0.05) is 11.6 Å². The lowest BCUT2D eigenvalue weighted by atomic mass is 10.2. The number of nitrogens with zero attached hydrogens (tertiary/aromatic N) is 1. The number of thioether (sulfide) groups is 1. The van der Waals surface area contributed by atoms with Crippen LogP contribution in [0.1, 0.15) is 16.8 Å². The van der Waals surface area contributed by atoms with E-state index in [-0.39, 0.29) is 17.2 Å². The molecule has 0 radical (unpaired) electrons. The van der Waals surface area contributed by atoms with Gasteiger partial charge in [0.15, 0.2) is 0 Å². The maximum absolute atomic E-state index is 10.9. The van der Waals surface area contributed by atoms with Crippen LogP contribution in [0.3, 0.4) is 0 Å². The molecule has 1 aromatic heterocycles. The summed E-state index contributed by atoms with van der Waals surface area (Å²) in [4.78, 5) is 14.9. The summed E-state index contributed by atoms with van der Waals surface area (Å²) >= 11 is 7.62. The van der Waals surface area contributed by atoms with Gasteiger partial charge in [0.2, 0.25) is 0 Å². The van der Waals surface area contributed by atoms with E-state index in [1.807, 2.05) is 0 Å². The van der Waals surface area contributed by atoms with E-state index in [2.05, 4.69) is 10.3 Å². The molecule has 3 N–H and O–H groups in total. The molecule has 0 aliphatic rings. The lowest BCUT2D eigenvalue weighted by Crippen LogP contribution is -2.09. The van der Waals surface area contributed by atoms with Crippen molar-refractivity contribution in [3.05, 3.63) is 22.8 Å². The van der Waals surface area contributed by atoms with E-state index in [1.165, 1.54) is 12.3 Å². The number of aliphatic hydroxyl groups is 1. The predicted molar refractivity (Wildman–Crippen MR) is 73.7 cm³/mol. The van der Waals surface area contributed by atoms with Crippen LogP contribution < -0.4 is 5.32 Å². The molecule has 1 heterocycles. The fraction of sp³-hybridized carbons (Fsp3) is 0.455. The monoisotopic (exact) mass is 290 g/mol. The van der Waals surface area contributed by atoms with Crippen LogP contribution in [0.4, 0.5) is 5.82 Å². The number of aromatic nitrogens is 1. The molecule has 1 aromatic rings. The van der Waals surface area contributed by atoms with Crippen molar-refractivity contribution in [1.29, 1.82) is 0 Å². The highest BCUT2D eigenvalue weighted by molar-refractivity contribution is 7.99. The first kappa shape index (κ1) is 15.1. The summed E-state index contributed by atoms with van der Waals surface area (Å²) in [5, 5.41) is 20.6. The van der Waals surface area contributed by atoms with Crippen molar-refractivity contribution >= 4 is 35.1 Å². The van der Waals surface area contributed by atoms with Crippen molar-refractivity contribution in [3.63, 3.8) is 0 Å². The quantitative estimate of drug-likeness (QED) is 0.635. The van der Waals surface area contributed by atoms with E-state index in [9.17, 15) is 4.79 Å². The number of halogens is 1. The molecule has 0 saturated heterocycles. The molecule has 0 fully saturated rings. The molecule has 100 valence electrons. The Bertz CT molecular complexity index is 404. The van der Waals surface area contributed by atoms with Crippen LogP contribution in [0, 0.1) is 0 Å². The molecule has 0 unspecified atom stereocenters. The van der Waals surface area contributed by atoms with Gasteiger partial charge in [0, 0.05) is 25.1 Å². The molecular weight excluding hydrogens is 276 g/mol. The Morgan fingerprint density at radius 2 is 2.28 bits per heavy atom.